The van der Waals surface area contributed by atoms with E-state index in [0.717, 1.165) is 3.97 Å². The number of anilines is 5. The predicted octanol–water partition coefficient (Wildman–Crippen LogP) is 3.93. The minimum atomic E-state index is -3.96. The topological polar surface area (TPSA) is 169 Å². The number of rotatable bonds is 9. The molecule has 1 amide bonds. The summed E-state index contributed by atoms with van der Waals surface area (Å²) in [7, 11) is -6.19. The average molecular weight is 606 g/mol. The highest BCUT2D eigenvalue weighted by atomic mass is 32.2. The first kappa shape index (κ1) is 28.7. The van der Waals surface area contributed by atoms with Crippen molar-refractivity contribution in [1.29, 1.82) is 0 Å². The Labute approximate surface area is 242 Å². The quantitative estimate of drug-likeness (QED) is 0.225. The number of benzene rings is 3. The minimum Gasteiger partial charge on any atom is -0.339 e. The normalized spacial score (nSPS) is 11.8. The Kier molecular flexibility index (Phi) is 7.69. The van der Waals surface area contributed by atoms with Gasteiger partial charge in [0.25, 0.3) is 0 Å². The molecule has 0 radical (unpaired) electrons. The lowest BCUT2D eigenvalue weighted by atomic mass is 10.2. The second kappa shape index (κ2) is 11.2. The monoisotopic (exact) mass is 605 g/mol. The highest BCUT2D eigenvalue weighted by Crippen LogP contribution is 2.30. The molecule has 0 saturated carbocycles. The summed E-state index contributed by atoms with van der Waals surface area (Å²) in [6.07, 6.45) is 1.40. The zero-order valence-corrected chi connectivity index (χ0v) is 24.2. The van der Waals surface area contributed by atoms with E-state index in [1.54, 1.807) is 73.8 Å². The SMILES string of the molecule is CC(=O)N(C)c1ccc(Nc2nc(Nc3cccc(S(N)(=O)=O)c3)c3ccn(S(=O)(=O)Cc4ccccc4)c3n2)cc1. The first-order valence-corrected chi connectivity index (χ1v) is 15.7. The molecular weight excluding hydrogens is 578 g/mol. The fraction of sp³-hybridized carbons (Fsp3) is 0.107. The van der Waals surface area contributed by atoms with Crippen molar-refractivity contribution in [2.45, 2.75) is 17.6 Å². The van der Waals surface area contributed by atoms with Gasteiger partial charge in [-0.25, -0.2) is 25.9 Å². The third-order valence-electron chi connectivity index (χ3n) is 6.41. The van der Waals surface area contributed by atoms with Gasteiger partial charge in [0, 0.05) is 37.2 Å². The van der Waals surface area contributed by atoms with Gasteiger partial charge in [0.2, 0.25) is 31.9 Å². The number of sulfonamides is 1. The van der Waals surface area contributed by atoms with Crippen LogP contribution < -0.4 is 20.7 Å². The van der Waals surface area contributed by atoms with Gasteiger partial charge < -0.3 is 15.5 Å². The predicted molar refractivity (Wildman–Crippen MR) is 162 cm³/mol. The van der Waals surface area contributed by atoms with E-state index < -0.39 is 20.0 Å². The fourth-order valence-electron chi connectivity index (χ4n) is 4.19. The smallest absolute Gasteiger partial charge is 0.244 e. The second-order valence-electron chi connectivity index (χ2n) is 9.43. The Hall–Kier alpha value is -4.79. The molecule has 12 nitrogen and oxygen atoms in total. The van der Waals surface area contributed by atoms with Crippen LogP contribution in [0.15, 0.2) is 96.0 Å². The van der Waals surface area contributed by atoms with Crippen LogP contribution in [0.2, 0.25) is 0 Å². The molecule has 0 unspecified atom stereocenters. The highest BCUT2D eigenvalue weighted by Gasteiger charge is 2.21. The van der Waals surface area contributed by atoms with Crippen LogP contribution in [0.25, 0.3) is 11.0 Å². The molecule has 216 valence electrons. The Morgan fingerprint density at radius 1 is 0.881 bits per heavy atom. The van der Waals surface area contributed by atoms with Crippen molar-refractivity contribution in [3.8, 4) is 0 Å². The number of aromatic nitrogens is 3. The van der Waals surface area contributed by atoms with Crippen LogP contribution in [0.3, 0.4) is 0 Å². The van der Waals surface area contributed by atoms with E-state index in [0.29, 0.717) is 28.0 Å². The van der Waals surface area contributed by atoms with E-state index in [1.165, 1.54) is 36.2 Å². The van der Waals surface area contributed by atoms with Crippen LogP contribution >= 0.6 is 0 Å². The van der Waals surface area contributed by atoms with E-state index in [4.69, 9.17) is 5.14 Å². The minimum absolute atomic E-state index is 0.0788. The van der Waals surface area contributed by atoms with Gasteiger partial charge >= 0.3 is 0 Å². The molecule has 0 fully saturated rings. The number of primary sulfonamides is 1. The summed E-state index contributed by atoms with van der Waals surface area (Å²) < 4.78 is 51.8. The number of nitrogens with zero attached hydrogens (tertiary/aromatic N) is 4. The lowest BCUT2D eigenvalue weighted by Crippen LogP contribution is -2.22. The first-order valence-electron chi connectivity index (χ1n) is 12.6. The van der Waals surface area contributed by atoms with E-state index in [2.05, 4.69) is 20.6 Å². The third kappa shape index (κ3) is 6.25. The van der Waals surface area contributed by atoms with Gasteiger partial charge in [0.1, 0.15) is 5.82 Å². The standard InChI is InChI=1S/C28H27N7O5S2/c1-19(36)34(2)23-13-11-21(12-14-23)31-28-32-26(30-22-9-6-10-24(17-22)42(29,39)40)25-15-16-35(27(25)33-28)41(37,38)18-20-7-4-3-5-8-20/h3-17H,18H2,1-2H3,(H2,29,39,40)(H2,30,31,32,33). The summed E-state index contributed by atoms with van der Waals surface area (Å²) in [5.41, 5.74) is 2.36. The maximum atomic E-state index is 13.5. The molecule has 0 saturated heterocycles. The van der Waals surface area contributed by atoms with Gasteiger partial charge in [-0.2, -0.15) is 9.97 Å². The molecule has 0 spiro atoms. The number of fused-ring (bicyclic) bond motifs is 1. The Bertz CT molecular complexity index is 1990. The summed E-state index contributed by atoms with van der Waals surface area (Å²) in [6.45, 7) is 1.46. The average Bonchev–Trinajstić information content (AvgIpc) is 3.38. The molecule has 3 aromatic carbocycles. The van der Waals surface area contributed by atoms with Crippen molar-refractivity contribution in [3.63, 3.8) is 0 Å². The van der Waals surface area contributed by atoms with Gasteiger partial charge in [0.15, 0.2) is 5.65 Å². The lowest BCUT2D eigenvalue weighted by Gasteiger charge is -2.16. The molecule has 5 rings (SSSR count). The van der Waals surface area contributed by atoms with Crippen molar-refractivity contribution in [3.05, 3.63) is 96.7 Å². The Morgan fingerprint density at radius 2 is 1.60 bits per heavy atom. The van der Waals surface area contributed by atoms with Crippen molar-refractivity contribution in [2.24, 2.45) is 5.14 Å². The van der Waals surface area contributed by atoms with Crippen molar-refractivity contribution >= 4 is 65.8 Å². The Morgan fingerprint density at radius 3 is 2.26 bits per heavy atom. The maximum Gasteiger partial charge on any atom is 0.244 e. The van der Waals surface area contributed by atoms with E-state index in [9.17, 15) is 21.6 Å². The molecule has 0 aliphatic carbocycles. The number of nitrogens with two attached hydrogens (primary N) is 1. The largest absolute Gasteiger partial charge is 0.339 e. The van der Waals surface area contributed by atoms with Crippen LogP contribution in [0.1, 0.15) is 12.5 Å². The third-order valence-corrected chi connectivity index (χ3v) is 8.91. The maximum absolute atomic E-state index is 13.5. The molecular formula is C28H27N7O5S2. The van der Waals surface area contributed by atoms with Gasteiger partial charge in [-0.05, 0) is 54.1 Å². The number of hydrogen-bond acceptors (Lipinski definition) is 9. The summed E-state index contributed by atoms with van der Waals surface area (Å²) in [4.78, 5) is 22.2. The molecule has 0 aliphatic rings. The van der Waals surface area contributed by atoms with Crippen LogP contribution in [-0.4, -0.2) is 43.7 Å². The van der Waals surface area contributed by atoms with Gasteiger partial charge in [-0.3, -0.25) is 4.79 Å². The van der Waals surface area contributed by atoms with Gasteiger partial charge in [-0.1, -0.05) is 36.4 Å². The van der Waals surface area contributed by atoms with Gasteiger partial charge in [-0.15, -0.1) is 0 Å². The van der Waals surface area contributed by atoms with Crippen LogP contribution in [0, 0.1) is 0 Å². The second-order valence-corrected chi connectivity index (χ2v) is 12.8. The fourth-order valence-corrected chi connectivity index (χ4v) is 6.15. The molecule has 0 bridgehead atoms. The van der Waals surface area contributed by atoms with E-state index in [1.807, 2.05) is 0 Å². The highest BCUT2D eigenvalue weighted by molar-refractivity contribution is 7.89. The molecule has 0 atom stereocenters. The van der Waals surface area contributed by atoms with Crippen LogP contribution in [-0.2, 0) is 30.6 Å². The van der Waals surface area contributed by atoms with Crippen molar-refractivity contribution < 1.29 is 21.6 Å². The van der Waals surface area contributed by atoms with Crippen LogP contribution in [0.5, 0.6) is 0 Å². The molecule has 4 N–H and O–H groups in total. The number of nitrogens with one attached hydrogen (secondary N) is 2. The van der Waals surface area contributed by atoms with Crippen molar-refractivity contribution in [1.82, 2.24) is 13.9 Å². The number of carbonyl (C=O) groups is 1. The number of hydrogen-bond donors (Lipinski definition) is 3. The molecule has 14 heteroatoms. The summed E-state index contributed by atoms with van der Waals surface area (Å²) >= 11 is 0. The number of carbonyl (C=O) groups excluding carboxylic acids is 1. The first-order chi connectivity index (χ1) is 19.9. The molecule has 2 aromatic heterocycles. The molecule has 42 heavy (non-hydrogen) atoms. The van der Waals surface area contributed by atoms with Gasteiger partial charge in [0.05, 0.1) is 16.0 Å². The molecule has 2 heterocycles. The summed E-state index contributed by atoms with van der Waals surface area (Å²) in [5.74, 6) is -0.0655. The van der Waals surface area contributed by atoms with Crippen molar-refractivity contribution in [2.75, 3.05) is 22.6 Å². The molecule has 0 aliphatic heterocycles. The summed E-state index contributed by atoms with van der Waals surface area (Å²) in [6, 6.07) is 23.2. The zero-order chi connectivity index (χ0) is 30.1. The Balaban J connectivity index is 1.58. The molecule has 5 aromatic rings. The lowest BCUT2D eigenvalue weighted by molar-refractivity contribution is -0.116. The summed E-state index contributed by atoms with van der Waals surface area (Å²) in [5, 5.41) is 11.8. The van der Waals surface area contributed by atoms with E-state index >= 15 is 0 Å². The zero-order valence-electron chi connectivity index (χ0n) is 22.6. The van der Waals surface area contributed by atoms with E-state index in [-0.39, 0.29) is 34.0 Å². The number of amides is 1. The van der Waals surface area contributed by atoms with Crippen LogP contribution in [0.4, 0.5) is 28.8 Å².